The fraction of sp³-hybridized carbons (Fsp3) is 0.529. The third-order valence-corrected chi connectivity index (χ3v) is 3.74. The summed E-state index contributed by atoms with van der Waals surface area (Å²) in [6, 6.07) is 7.54. The molecule has 0 heterocycles. The molecular weight excluding hydrogens is 346 g/mol. The van der Waals surface area contributed by atoms with Crippen LogP contribution < -0.4 is 5.32 Å². The molecule has 1 rings (SSSR count). The van der Waals surface area contributed by atoms with Gasteiger partial charge in [-0.15, -0.1) is 0 Å². The Bertz CT molecular complexity index is 459. The van der Waals surface area contributed by atoms with Crippen LogP contribution in [0.25, 0.3) is 0 Å². The van der Waals surface area contributed by atoms with Crippen molar-refractivity contribution in [2.45, 2.75) is 45.4 Å². The van der Waals surface area contributed by atoms with Gasteiger partial charge in [0.1, 0.15) is 6.61 Å². The lowest BCUT2D eigenvalue weighted by molar-refractivity contribution is -0.143. The van der Waals surface area contributed by atoms with Crippen LogP contribution in [-0.2, 0) is 20.7 Å². The third kappa shape index (κ3) is 8.82. The maximum absolute atomic E-state index is 11.6. The first-order chi connectivity index (χ1) is 10.6. The van der Waals surface area contributed by atoms with Gasteiger partial charge in [-0.05, 0) is 24.1 Å². The van der Waals surface area contributed by atoms with Crippen molar-refractivity contribution in [3.05, 3.63) is 34.3 Å². The third-order valence-electron chi connectivity index (χ3n) is 3.21. The Kier molecular flexibility index (Phi) is 9.55. The summed E-state index contributed by atoms with van der Waals surface area (Å²) in [7, 11) is 0. The van der Waals surface area contributed by atoms with E-state index in [9.17, 15) is 9.59 Å². The first kappa shape index (κ1) is 18.7. The van der Waals surface area contributed by atoms with Crippen LogP contribution >= 0.6 is 15.9 Å². The Hall–Kier alpha value is -1.36. The number of nitrogens with one attached hydrogen (secondary N) is 1. The Morgan fingerprint density at radius 2 is 1.86 bits per heavy atom. The molecule has 0 aromatic heterocycles. The molecule has 5 heteroatoms. The highest BCUT2D eigenvalue weighted by molar-refractivity contribution is 9.10. The van der Waals surface area contributed by atoms with E-state index in [0.717, 1.165) is 29.3 Å². The smallest absolute Gasteiger partial charge is 0.310 e. The summed E-state index contributed by atoms with van der Waals surface area (Å²) in [6.45, 7) is 2.73. The van der Waals surface area contributed by atoms with Gasteiger partial charge in [0.05, 0.1) is 13.0 Å². The molecule has 0 aliphatic heterocycles. The molecule has 0 aliphatic rings. The summed E-state index contributed by atoms with van der Waals surface area (Å²) in [5.41, 5.74) is 0.910. The molecule has 0 saturated carbocycles. The Labute approximate surface area is 140 Å². The average molecular weight is 370 g/mol. The highest BCUT2D eigenvalue weighted by Gasteiger charge is 2.05. The minimum atomic E-state index is -0.278. The molecule has 1 aromatic rings. The van der Waals surface area contributed by atoms with Crippen molar-refractivity contribution in [2.24, 2.45) is 0 Å². The van der Waals surface area contributed by atoms with Crippen molar-refractivity contribution >= 4 is 27.8 Å². The molecule has 0 saturated heterocycles. The molecule has 0 bridgehead atoms. The van der Waals surface area contributed by atoms with Gasteiger partial charge < -0.3 is 10.1 Å². The Morgan fingerprint density at radius 3 is 2.55 bits per heavy atom. The molecule has 1 N–H and O–H groups in total. The molecular formula is C17H24BrNO3. The molecule has 0 aliphatic carbocycles. The summed E-state index contributed by atoms with van der Waals surface area (Å²) in [4.78, 5) is 23.2. The molecule has 122 valence electrons. The van der Waals surface area contributed by atoms with E-state index < -0.39 is 0 Å². The average Bonchev–Trinajstić information content (AvgIpc) is 2.50. The van der Waals surface area contributed by atoms with Gasteiger partial charge in [0, 0.05) is 10.9 Å². The summed E-state index contributed by atoms with van der Waals surface area (Å²) >= 11 is 3.35. The first-order valence-electron chi connectivity index (χ1n) is 7.78. The van der Waals surface area contributed by atoms with Crippen LogP contribution in [0.2, 0.25) is 0 Å². The van der Waals surface area contributed by atoms with Crippen LogP contribution in [0.4, 0.5) is 0 Å². The lowest BCUT2D eigenvalue weighted by atomic mass is 10.1. The normalized spacial score (nSPS) is 10.3. The largest absolute Gasteiger partial charge is 0.464 e. The van der Waals surface area contributed by atoms with Gasteiger partial charge in [0.2, 0.25) is 5.91 Å². The molecule has 0 atom stereocenters. The predicted molar refractivity (Wildman–Crippen MR) is 90.6 cm³/mol. The van der Waals surface area contributed by atoms with Crippen molar-refractivity contribution < 1.29 is 14.3 Å². The number of ether oxygens (including phenoxy) is 1. The van der Waals surface area contributed by atoms with Crippen LogP contribution in [0.15, 0.2) is 28.7 Å². The van der Waals surface area contributed by atoms with Crippen LogP contribution in [0.3, 0.4) is 0 Å². The van der Waals surface area contributed by atoms with Crippen molar-refractivity contribution in [1.82, 2.24) is 5.32 Å². The standard InChI is InChI=1S/C17H24BrNO3/c1-2-3-4-5-6-16(20)19-11-12-22-17(21)13-14-7-9-15(18)10-8-14/h7-10H,2-6,11-13H2,1H3,(H,19,20). The minimum Gasteiger partial charge on any atom is -0.464 e. The van der Waals surface area contributed by atoms with Gasteiger partial charge in [-0.3, -0.25) is 9.59 Å². The van der Waals surface area contributed by atoms with Crippen molar-refractivity contribution in [1.29, 1.82) is 0 Å². The lowest BCUT2D eigenvalue weighted by Crippen LogP contribution is -2.28. The Morgan fingerprint density at radius 1 is 1.14 bits per heavy atom. The SMILES string of the molecule is CCCCCCC(=O)NCCOC(=O)Cc1ccc(Br)cc1. The molecule has 1 aromatic carbocycles. The van der Waals surface area contributed by atoms with E-state index in [1.54, 1.807) is 0 Å². The second-order valence-corrected chi connectivity index (χ2v) is 6.10. The number of hydrogen-bond donors (Lipinski definition) is 1. The molecule has 0 unspecified atom stereocenters. The molecule has 0 radical (unpaired) electrons. The zero-order chi connectivity index (χ0) is 16.2. The van der Waals surface area contributed by atoms with E-state index in [1.807, 2.05) is 24.3 Å². The quantitative estimate of drug-likeness (QED) is 0.506. The number of carbonyl (C=O) groups is 2. The first-order valence-corrected chi connectivity index (χ1v) is 8.58. The van der Waals surface area contributed by atoms with Gasteiger partial charge in [0.25, 0.3) is 0 Å². The van der Waals surface area contributed by atoms with E-state index >= 15 is 0 Å². The zero-order valence-corrected chi connectivity index (χ0v) is 14.7. The van der Waals surface area contributed by atoms with Crippen molar-refractivity contribution in [3.8, 4) is 0 Å². The Balaban J connectivity index is 2.07. The summed E-state index contributed by atoms with van der Waals surface area (Å²) in [6.07, 6.45) is 5.14. The van der Waals surface area contributed by atoms with Gasteiger partial charge in [-0.2, -0.15) is 0 Å². The topological polar surface area (TPSA) is 55.4 Å². The molecule has 0 spiro atoms. The van der Waals surface area contributed by atoms with Gasteiger partial charge in [0.15, 0.2) is 0 Å². The van der Waals surface area contributed by atoms with E-state index in [-0.39, 0.29) is 24.9 Å². The highest BCUT2D eigenvalue weighted by atomic mass is 79.9. The van der Waals surface area contributed by atoms with E-state index in [0.29, 0.717) is 13.0 Å². The number of esters is 1. The van der Waals surface area contributed by atoms with Gasteiger partial charge in [-0.25, -0.2) is 0 Å². The van der Waals surface area contributed by atoms with E-state index in [1.165, 1.54) is 6.42 Å². The van der Waals surface area contributed by atoms with Crippen molar-refractivity contribution in [3.63, 3.8) is 0 Å². The minimum absolute atomic E-state index is 0.0278. The number of carbonyl (C=O) groups excluding carboxylic acids is 2. The second-order valence-electron chi connectivity index (χ2n) is 5.18. The molecule has 4 nitrogen and oxygen atoms in total. The van der Waals surface area contributed by atoms with Gasteiger partial charge >= 0.3 is 5.97 Å². The van der Waals surface area contributed by atoms with Crippen LogP contribution in [-0.4, -0.2) is 25.0 Å². The number of hydrogen-bond acceptors (Lipinski definition) is 3. The molecule has 22 heavy (non-hydrogen) atoms. The zero-order valence-electron chi connectivity index (χ0n) is 13.1. The maximum atomic E-state index is 11.6. The van der Waals surface area contributed by atoms with E-state index in [2.05, 4.69) is 28.2 Å². The van der Waals surface area contributed by atoms with E-state index in [4.69, 9.17) is 4.74 Å². The number of unbranched alkanes of at least 4 members (excludes halogenated alkanes) is 3. The number of rotatable bonds is 10. The van der Waals surface area contributed by atoms with Crippen LogP contribution in [0.1, 0.15) is 44.6 Å². The summed E-state index contributed by atoms with van der Waals surface area (Å²) in [5.74, 6) is -0.250. The summed E-state index contributed by atoms with van der Waals surface area (Å²) in [5, 5.41) is 2.76. The monoisotopic (exact) mass is 369 g/mol. The molecule has 0 fully saturated rings. The fourth-order valence-corrected chi connectivity index (χ4v) is 2.24. The number of benzene rings is 1. The lowest BCUT2D eigenvalue weighted by Gasteiger charge is -2.07. The number of amides is 1. The van der Waals surface area contributed by atoms with Crippen molar-refractivity contribution in [2.75, 3.05) is 13.2 Å². The highest BCUT2D eigenvalue weighted by Crippen LogP contribution is 2.11. The fourth-order valence-electron chi connectivity index (χ4n) is 1.98. The number of halogens is 1. The predicted octanol–water partition coefficient (Wildman–Crippen LogP) is 3.62. The van der Waals surface area contributed by atoms with Crippen LogP contribution in [0, 0.1) is 0 Å². The molecule has 1 amide bonds. The second kappa shape index (κ2) is 11.2. The maximum Gasteiger partial charge on any atom is 0.310 e. The summed E-state index contributed by atoms with van der Waals surface area (Å²) < 4.78 is 6.08. The van der Waals surface area contributed by atoms with Gasteiger partial charge in [-0.1, -0.05) is 54.2 Å². The van der Waals surface area contributed by atoms with Crippen LogP contribution in [0.5, 0.6) is 0 Å².